The zero-order valence-corrected chi connectivity index (χ0v) is 19.5. The molecule has 10 heteroatoms. The third kappa shape index (κ3) is 5.00. The SMILES string of the molecule is CCCCON1C(=O)N2C[C@@H]1CC[C@H]2c1nnc([C@@H]2CC[C@H](NC(=O)OC(C)(C)C)C2)o1. The van der Waals surface area contributed by atoms with Crippen molar-refractivity contribution in [1.82, 2.24) is 25.5 Å². The van der Waals surface area contributed by atoms with Gasteiger partial charge in [0.05, 0.1) is 12.6 Å². The van der Waals surface area contributed by atoms with Crippen LogP contribution < -0.4 is 5.32 Å². The van der Waals surface area contributed by atoms with Crippen LogP contribution in [0.5, 0.6) is 0 Å². The number of piperidine rings is 1. The topological polar surface area (TPSA) is 110 Å². The van der Waals surface area contributed by atoms with Crippen molar-refractivity contribution in [2.24, 2.45) is 0 Å². The normalized spacial score (nSPS) is 27.8. The molecule has 2 aliphatic heterocycles. The molecule has 1 aromatic heterocycles. The number of fused-ring (bicyclic) bond motifs is 2. The summed E-state index contributed by atoms with van der Waals surface area (Å²) in [7, 11) is 0. The van der Waals surface area contributed by atoms with E-state index in [9.17, 15) is 9.59 Å². The van der Waals surface area contributed by atoms with Crippen LogP contribution in [0.25, 0.3) is 0 Å². The average Bonchev–Trinajstić information content (AvgIpc) is 3.43. The predicted octanol–water partition coefficient (Wildman–Crippen LogP) is 3.90. The number of nitrogens with zero attached hydrogens (tertiary/aromatic N) is 4. The first-order valence-corrected chi connectivity index (χ1v) is 11.8. The summed E-state index contributed by atoms with van der Waals surface area (Å²) in [6.45, 7) is 8.82. The number of unbranched alkanes of at least 4 members (excludes halogenated alkanes) is 1. The van der Waals surface area contributed by atoms with Crippen LogP contribution in [-0.2, 0) is 9.57 Å². The second kappa shape index (κ2) is 9.25. The fourth-order valence-electron chi connectivity index (χ4n) is 4.72. The van der Waals surface area contributed by atoms with Gasteiger partial charge in [0, 0.05) is 18.5 Å². The van der Waals surface area contributed by atoms with Crippen molar-refractivity contribution >= 4 is 12.1 Å². The maximum absolute atomic E-state index is 12.9. The summed E-state index contributed by atoms with van der Waals surface area (Å²) < 4.78 is 11.4. The number of rotatable bonds is 7. The maximum Gasteiger partial charge on any atom is 0.407 e. The van der Waals surface area contributed by atoms with Crippen molar-refractivity contribution in [2.45, 2.75) is 102 Å². The molecule has 0 radical (unpaired) electrons. The van der Waals surface area contributed by atoms with Crippen LogP contribution in [-0.4, -0.2) is 63.1 Å². The molecule has 3 amide bonds. The van der Waals surface area contributed by atoms with Crippen LogP contribution in [0.2, 0.25) is 0 Å². The van der Waals surface area contributed by atoms with Crippen LogP contribution in [0, 0.1) is 0 Å². The Balaban J connectivity index is 1.34. The van der Waals surface area contributed by atoms with Gasteiger partial charge in [0.2, 0.25) is 11.8 Å². The molecule has 1 aliphatic carbocycles. The highest BCUT2D eigenvalue weighted by atomic mass is 16.7. The summed E-state index contributed by atoms with van der Waals surface area (Å²) in [5.41, 5.74) is -0.522. The van der Waals surface area contributed by atoms with Gasteiger partial charge < -0.3 is 19.4 Å². The number of carbonyl (C=O) groups excluding carboxylic acids is 2. The Hall–Kier alpha value is -2.36. The molecule has 32 heavy (non-hydrogen) atoms. The first kappa shape index (κ1) is 22.8. The molecule has 1 N–H and O–H groups in total. The number of ether oxygens (including phenoxy) is 1. The van der Waals surface area contributed by atoms with Crippen molar-refractivity contribution < 1.29 is 23.6 Å². The number of alkyl carbamates (subject to hydrolysis) is 1. The lowest BCUT2D eigenvalue weighted by Gasteiger charge is -2.27. The minimum absolute atomic E-state index is 0.0228. The number of carbonyl (C=O) groups is 2. The number of nitrogens with one attached hydrogen (secondary N) is 1. The summed E-state index contributed by atoms with van der Waals surface area (Å²) in [4.78, 5) is 32.4. The van der Waals surface area contributed by atoms with Crippen molar-refractivity contribution in [3.63, 3.8) is 0 Å². The van der Waals surface area contributed by atoms with E-state index in [1.165, 1.54) is 5.06 Å². The number of hydroxylamine groups is 2. The van der Waals surface area contributed by atoms with Crippen molar-refractivity contribution in [2.75, 3.05) is 13.2 Å². The van der Waals surface area contributed by atoms with Crippen molar-refractivity contribution in [1.29, 1.82) is 0 Å². The summed E-state index contributed by atoms with van der Waals surface area (Å²) in [5.74, 6) is 1.17. The maximum atomic E-state index is 12.9. The predicted molar refractivity (Wildman–Crippen MR) is 115 cm³/mol. The van der Waals surface area contributed by atoms with E-state index in [2.05, 4.69) is 22.4 Å². The smallest absolute Gasteiger partial charge is 0.407 e. The number of hydrogen-bond donors (Lipinski definition) is 1. The van der Waals surface area contributed by atoms with Crippen LogP contribution in [0.1, 0.15) is 96.4 Å². The lowest BCUT2D eigenvalue weighted by Crippen LogP contribution is -2.37. The molecule has 3 aliphatic rings. The standard InChI is InChI=1S/C22H35N5O5/c1-5-6-11-30-27-16-9-10-17(26(13-16)21(27)29)19-25-24-18(31-19)14-7-8-15(12-14)23-20(28)32-22(2,3)4/h14-17H,5-13H2,1-4H3,(H,23,28)/t14-,15+,16+,17+/m1/s1. The van der Waals surface area contributed by atoms with Crippen LogP contribution in [0.3, 0.4) is 0 Å². The first-order valence-electron chi connectivity index (χ1n) is 11.8. The number of urea groups is 1. The van der Waals surface area contributed by atoms with E-state index in [0.29, 0.717) is 24.9 Å². The first-order chi connectivity index (χ1) is 15.2. The Morgan fingerprint density at radius 3 is 2.72 bits per heavy atom. The molecule has 3 fully saturated rings. The van der Waals surface area contributed by atoms with Gasteiger partial charge in [0.25, 0.3) is 0 Å². The van der Waals surface area contributed by atoms with E-state index in [0.717, 1.165) is 44.9 Å². The zero-order chi connectivity index (χ0) is 22.9. The molecule has 0 unspecified atom stereocenters. The molecule has 4 rings (SSSR count). The third-order valence-corrected chi connectivity index (χ3v) is 6.30. The summed E-state index contributed by atoms with van der Waals surface area (Å²) >= 11 is 0. The lowest BCUT2D eigenvalue weighted by molar-refractivity contribution is -0.130. The molecule has 0 spiro atoms. The van der Waals surface area contributed by atoms with Gasteiger partial charge in [0.1, 0.15) is 11.6 Å². The Morgan fingerprint density at radius 2 is 1.97 bits per heavy atom. The molecule has 1 aromatic rings. The molecular weight excluding hydrogens is 414 g/mol. The van der Waals surface area contributed by atoms with Gasteiger partial charge in [-0.25, -0.2) is 9.59 Å². The zero-order valence-electron chi connectivity index (χ0n) is 19.5. The molecule has 0 aromatic carbocycles. The van der Waals surface area contributed by atoms with Gasteiger partial charge in [-0.2, -0.15) is 5.06 Å². The molecule has 178 valence electrons. The van der Waals surface area contributed by atoms with Gasteiger partial charge in [-0.15, -0.1) is 10.2 Å². The fraction of sp³-hybridized carbons (Fsp3) is 0.818. The molecule has 2 saturated heterocycles. The molecule has 4 atom stereocenters. The van der Waals surface area contributed by atoms with E-state index in [1.807, 2.05) is 20.8 Å². The van der Waals surface area contributed by atoms with Crippen LogP contribution in [0.4, 0.5) is 9.59 Å². The third-order valence-electron chi connectivity index (χ3n) is 6.30. The van der Waals surface area contributed by atoms with E-state index in [-0.39, 0.29) is 30.1 Å². The lowest BCUT2D eigenvalue weighted by atomic mass is 10.0. The number of amides is 3. The highest BCUT2D eigenvalue weighted by molar-refractivity contribution is 5.77. The second-order valence-corrected chi connectivity index (χ2v) is 10.0. The number of hydrogen-bond acceptors (Lipinski definition) is 7. The van der Waals surface area contributed by atoms with E-state index >= 15 is 0 Å². The monoisotopic (exact) mass is 449 g/mol. The summed E-state index contributed by atoms with van der Waals surface area (Å²) in [6, 6.07) is -0.213. The average molecular weight is 450 g/mol. The van der Waals surface area contributed by atoms with Gasteiger partial charge >= 0.3 is 12.1 Å². The van der Waals surface area contributed by atoms with Gasteiger partial charge in [0.15, 0.2) is 0 Å². The molecular formula is C22H35N5O5. The Kier molecular flexibility index (Phi) is 6.60. The van der Waals surface area contributed by atoms with E-state index < -0.39 is 11.7 Å². The Bertz CT molecular complexity index is 822. The number of aromatic nitrogens is 2. The quantitative estimate of drug-likeness (QED) is 0.629. The largest absolute Gasteiger partial charge is 0.444 e. The minimum atomic E-state index is -0.522. The highest BCUT2D eigenvalue weighted by Crippen LogP contribution is 2.40. The molecule has 2 bridgehead atoms. The van der Waals surface area contributed by atoms with Gasteiger partial charge in [-0.05, 0) is 59.3 Å². The van der Waals surface area contributed by atoms with Gasteiger partial charge in [-0.3, -0.25) is 4.84 Å². The van der Waals surface area contributed by atoms with Crippen LogP contribution in [0.15, 0.2) is 4.42 Å². The second-order valence-electron chi connectivity index (χ2n) is 10.0. The van der Waals surface area contributed by atoms with Crippen molar-refractivity contribution in [3.05, 3.63) is 11.8 Å². The Morgan fingerprint density at radius 1 is 1.19 bits per heavy atom. The fourth-order valence-corrected chi connectivity index (χ4v) is 4.72. The minimum Gasteiger partial charge on any atom is -0.444 e. The molecule has 3 heterocycles. The highest BCUT2D eigenvalue weighted by Gasteiger charge is 2.48. The summed E-state index contributed by atoms with van der Waals surface area (Å²) in [5, 5.41) is 13.1. The Labute approximate surface area is 188 Å². The molecule has 1 saturated carbocycles. The summed E-state index contributed by atoms with van der Waals surface area (Å²) in [6.07, 6.45) is 5.61. The van der Waals surface area contributed by atoms with E-state index in [1.54, 1.807) is 4.90 Å². The van der Waals surface area contributed by atoms with Gasteiger partial charge in [-0.1, -0.05) is 13.3 Å². The van der Waals surface area contributed by atoms with Crippen LogP contribution >= 0.6 is 0 Å². The van der Waals surface area contributed by atoms with Crippen molar-refractivity contribution in [3.8, 4) is 0 Å². The molecule has 10 nitrogen and oxygen atoms in total. The van der Waals surface area contributed by atoms with E-state index in [4.69, 9.17) is 14.0 Å².